The monoisotopic (exact) mass is 614 g/mol. The Balaban J connectivity index is 1.98. The predicted molar refractivity (Wildman–Crippen MR) is 135 cm³/mol. The summed E-state index contributed by atoms with van der Waals surface area (Å²) in [5, 5.41) is -0.895. The van der Waals surface area contributed by atoms with Gasteiger partial charge in [0.2, 0.25) is 0 Å². The number of carbonyl (C=O) groups is 1. The Morgan fingerprint density at radius 2 is 1.56 bits per heavy atom. The van der Waals surface area contributed by atoms with E-state index in [0.717, 1.165) is 18.2 Å². The molecule has 0 aliphatic carbocycles. The zero-order valence-electron chi connectivity index (χ0n) is 19.4. The minimum absolute atomic E-state index is 0.0777. The molecule has 0 spiro atoms. The largest absolute Gasteiger partial charge is 0.495 e. The maximum atomic E-state index is 15.0. The van der Waals surface area contributed by atoms with Gasteiger partial charge in [0.05, 0.1) is 39.0 Å². The fourth-order valence-electron chi connectivity index (χ4n) is 3.44. The van der Waals surface area contributed by atoms with Gasteiger partial charge < -0.3 is 4.74 Å². The number of nitrogens with one attached hydrogen (secondary N) is 2. The van der Waals surface area contributed by atoms with E-state index in [-0.39, 0.29) is 38.6 Å². The molecule has 0 aliphatic heterocycles. The third-order valence-electron chi connectivity index (χ3n) is 5.29. The Labute approximate surface area is 232 Å². The number of anilines is 1. The molecule has 1 unspecified atom stereocenters. The molecule has 1 atom stereocenters. The first-order chi connectivity index (χ1) is 18.1. The summed E-state index contributed by atoms with van der Waals surface area (Å²) in [5.41, 5.74) is 0.794. The van der Waals surface area contributed by atoms with E-state index in [9.17, 15) is 31.1 Å². The van der Waals surface area contributed by atoms with E-state index in [1.54, 1.807) is 12.1 Å². The Hall–Kier alpha value is -3.15. The van der Waals surface area contributed by atoms with Gasteiger partial charge >= 0.3 is 12.4 Å². The molecule has 0 saturated heterocycles. The van der Waals surface area contributed by atoms with Gasteiger partial charge in [-0.25, -0.2) is 4.39 Å². The quantitative estimate of drug-likeness (QED) is 0.158. The molecule has 39 heavy (non-hydrogen) atoms. The van der Waals surface area contributed by atoms with Crippen LogP contribution in [0.1, 0.15) is 33.0 Å². The Morgan fingerprint density at radius 3 is 2.13 bits per heavy atom. The van der Waals surface area contributed by atoms with Crippen molar-refractivity contribution in [1.82, 2.24) is 5.43 Å². The lowest BCUT2D eigenvalue weighted by molar-refractivity contribution is -0.140. The lowest BCUT2D eigenvalue weighted by atomic mass is 9.95. The van der Waals surface area contributed by atoms with E-state index >= 15 is 4.39 Å². The number of hydrazine groups is 1. The fraction of sp³-hybridized carbons (Fsp3) is 0.160. The van der Waals surface area contributed by atoms with E-state index in [4.69, 9.17) is 39.5 Å². The lowest BCUT2D eigenvalue weighted by Gasteiger charge is -2.19. The summed E-state index contributed by atoms with van der Waals surface area (Å²) in [6.07, 6.45) is -10.2. The molecule has 4 nitrogen and oxygen atoms in total. The predicted octanol–water partition coefficient (Wildman–Crippen LogP) is 9.09. The van der Waals surface area contributed by atoms with Crippen LogP contribution in [-0.4, -0.2) is 19.2 Å². The molecule has 0 heterocycles. The highest BCUT2D eigenvalue weighted by Crippen LogP contribution is 2.43. The molecule has 0 saturated carbocycles. The highest BCUT2D eigenvalue weighted by molar-refractivity contribution is 6.48. The first kappa shape index (κ1) is 30.4. The van der Waals surface area contributed by atoms with Crippen LogP contribution in [0, 0.1) is 0 Å². The molecule has 0 aliphatic rings. The standard InChI is InChI=1S/C25H16Cl3F7N2O2/c1-39-21-5-3-2-4-20(21)36-37-23(38)14-7-6-12(8-16(14)25(33,34)35)19(29)11-15(24(30,31)32)13-9-17(26)22(28)18(27)10-13/h2-11,15,36H,1H3,(H,37,38). The summed E-state index contributed by atoms with van der Waals surface area (Å²) in [6.45, 7) is 0. The summed E-state index contributed by atoms with van der Waals surface area (Å²) in [6, 6.07) is 9.46. The average molecular weight is 616 g/mol. The number of carbonyl (C=O) groups excluding carboxylic acids is 1. The summed E-state index contributed by atoms with van der Waals surface area (Å²) >= 11 is 17.3. The van der Waals surface area contributed by atoms with Crippen LogP contribution >= 0.6 is 34.8 Å². The van der Waals surface area contributed by atoms with Crippen molar-refractivity contribution in [3.8, 4) is 5.75 Å². The number of halogens is 10. The number of methoxy groups -OCH3 is 1. The van der Waals surface area contributed by atoms with Crippen molar-refractivity contribution in [2.24, 2.45) is 0 Å². The smallest absolute Gasteiger partial charge is 0.417 e. The molecule has 3 aromatic carbocycles. The van der Waals surface area contributed by atoms with Crippen LogP contribution in [0.25, 0.3) is 5.83 Å². The van der Waals surface area contributed by atoms with Crippen LogP contribution in [0.4, 0.5) is 36.4 Å². The first-order valence-corrected chi connectivity index (χ1v) is 11.8. The third kappa shape index (κ3) is 7.28. The molecule has 3 aromatic rings. The number of hydrogen-bond acceptors (Lipinski definition) is 3. The number of ether oxygens (including phenoxy) is 1. The number of hydrogen-bond donors (Lipinski definition) is 2. The van der Waals surface area contributed by atoms with Crippen LogP contribution in [0.3, 0.4) is 0 Å². The molecule has 208 valence electrons. The Morgan fingerprint density at radius 1 is 0.949 bits per heavy atom. The summed E-state index contributed by atoms with van der Waals surface area (Å²) in [7, 11) is 1.34. The normalized spacial score (nSPS) is 13.2. The molecule has 0 radical (unpaired) electrons. The van der Waals surface area contributed by atoms with Crippen molar-refractivity contribution in [3.05, 3.63) is 98.0 Å². The molecular weight excluding hydrogens is 600 g/mol. The maximum absolute atomic E-state index is 15.0. The number of rotatable bonds is 7. The van der Waals surface area contributed by atoms with Gasteiger partial charge in [0.15, 0.2) is 0 Å². The van der Waals surface area contributed by atoms with Gasteiger partial charge in [0, 0.05) is 5.56 Å². The molecule has 14 heteroatoms. The van der Waals surface area contributed by atoms with Crippen LogP contribution in [0.2, 0.25) is 15.1 Å². The van der Waals surface area contributed by atoms with Gasteiger partial charge in [-0.2, -0.15) is 26.3 Å². The first-order valence-electron chi connectivity index (χ1n) is 10.6. The zero-order valence-corrected chi connectivity index (χ0v) is 21.7. The second kappa shape index (κ2) is 11.9. The third-order valence-corrected chi connectivity index (χ3v) is 6.49. The van der Waals surface area contributed by atoms with Crippen LogP contribution in [0.5, 0.6) is 5.75 Å². The van der Waals surface area contributed by atoms with Gasteiger partial charge in [0.25, 0.3) is 5.91 Å². The number of amides is 1. The Bertz CT molecular complexity index is 1390. The minimum atomic E-state index is -5.16. The fourth-order valence-corrected chi connectivity index (χ4v) is 4.05. The Kier molecular flexibility index (Phi) is 9.30. The van der Waals surface area contributed by atoms with Crippen molar-refractivity contribution in [3.63, 3.8) is 0 Å². The summed E-state index contributed by atoms with van der Waals surface area (Å²) in [4.78, 5) is 12.5. The molecule has 3 rings (SSSR count). The number of allylic oxidation sites excluding steroid dienone is 1. The van der Waals surface area contributed by atoms with Crippen molar-refractivity contribution in [2.75, 3.05) is 12.5 Å². The van der Waals surface area contributed by atoms with Crippen molar-refractivity contribution in [1.29, 1.82) is 0 Å². The molecule has 1 amide bonds. The number of alkyl halides is 6. The maximum Gasteiger partial charge on any atom is 0.417 e. The van der Waals surface area contributed by atoms with Crippen LogP contribution in [0.15, 0.2) is 60.7 Å². The van der Waals surface area contributed by atoms with Gasteiger partial charge in [-0.3, -0.25) is 15.6 Å². The van der Waals surface area contributed by atoms with Crippen molar-refractivity contribution >= 4 is 52.2 Å². The lowest BCUT2D eigenvalue weighted by Crippen LogP contribution is -2.31. The molecule has 0 aromatic heterocycles. The number of benzene rings is 3. The van der Waals surface area contributed by atoms with E-state index in [2.05, 4.69) is 10.9 Å². The van der Waals surface area contributed by atoms with Crippen LogP contribution in [-0.2, 0) is 6.18 Å². The van der Waals surface area contributed by atoms with Crippen molar-refractivity contribution < 1.29 is 40.3 Å². The SMILES string of the molecule is COc1ccccc1NNC(=O)c1ccc(C(F)=CC(c2cc(Cl)c(Cl)c(Cl)c2)C(F)(F)F)cc1C(F)(F)F. The van der Waals surface area contributed by atoms with E-state index in [1.807, 2.05) is 0 Å². The van der Waals surface area contributed by atoms with Crippen molar-refractivity contribution in [2.45, 2.75) is 18.3 Å². The van der Waals surface area contributed by atoms with Gasteiger partial charge in [-0.05, 0) is 48.0 Å². The van der Waals surface area contributed by atoms with E-state index < -0.39 is 52.3 Å². The average Bonchev–Trinajstić information content (AvgIpc) is 2.87. The van der Waals surface area contributed by atoms with Gasteiger partial charge in [0.1, 0.15) is 17.5 Å². The summed E-state index contributed by atoms with van der Waals surface area (Å²) < 4.78 is 103. The van der Waals surface area contributed by atoms with E-state index in [0.29, 0.717) is 6.07 Å². The van der Waals surface area contributed by atoms with Crippen LogP contribution < -0.4 is 15.6 Å². The zero-order chi connectivity index (χ0) is 29.1. The summed E-state index contributed by atoms with van der Waals surface area (Å²) in [5.74, 6) is -5.24. The topological polar surface area (TPSA) is 50.4 Å². The second-order valence-electron chi connectivity index (χ2n) is 7.87. The molecular formula is C25H16Cl3F7N2O2. The molecule has 0 bridgehead atoms. The highest BCUT2D eigenvalue weighted by Gasteiger charge is 2.41. The highest BCUT2D eigenvalue weighted by atomic mass is 35.5. The minimum Gasteiger partial charge on any atom is -0.495 e. The van der Waals surface area contributed by atoms with Gasteiger partial charge in [-0.15, -0.1) is 0 Å². The van der Waals surface area contributed by atoms with Gasteiger partial charge in [-0.1, -0.05) is 53.0 Å². The molecule has 2 N–H and O–H groups in total. The van der Waals surface area contributed by atoms with E-state index in [1.165, 1.54) is 19.2 Å². The molecule has 0 fully saturated rings. The number of para-hydroxylation sites is 2. The second-order valence-corrected chi connectivity index (χ2v) is 9.06.